The maximum Gasteiger partial charge on any atom is 0.264 e. The number of amides is 2. The molecular weight excluding hydrogens is 520 g/mol. The number of nitrogens with zero attached hydrogens (tertiary/aromatic N) is 5. The van der Waals surface area contributed by atoms with Crippen LogP contribution in [0.3, 0.4) is 0 Å². The lowest BCUT2D eigenvalue weighted by atomic mass is 10.1. The highest BCUT2D eigenvalue weighted by atomic mass is 16.2. The third-order valence-corrected chi connectivity index (χ3v) is 6.08. The molecule has 1 aliphatic heterocycles. The van der Waals surface area contributed by atoms with E-state index < -0.39 is 46.3 Å². The van der Waals surface area contributed by atoms with Crippen molar-refractivity contribution < 1.29 is 9.59 Å². The second kappa shape index (κ2) is 10.2. The van der Waals surface area contributed by atoms with Crippen LogP contribution in [0.25, 0.3) is 21.5 Å². The van der Waals surface area contributed by atoms with Gasteiger partial charge in [-0.15, -0.1) is 0 Å². The number of carbonyl (C=O) groups excluding carboxylic acids is 2. The summed E-state index contributed by atoms with van der Waals surface area (Å²) in [5, 5.41) is 10.0. The molecule has 200 valence electrons. The lowest BCUT2D eigenvalue weighted by Gasteiger charge is -2.29. The lowest BCUT2D eigenvalue weighted by Crippen LogP contribution is -2.54. The van der Waals surface area contributed by atoms with Crippen LogP contribution < -0.4 is 38.4 Å². The average Bonchev–Trinajstić information content (AvgIpc) is 3.33. The van der Waals surface area contributed by atoms with Crippen molar-refractivity contribution in [3.05, 3.63) is 108 Å². The Bertz CT molecular complexity index is 1910. The highest BCUT2D eigenvalue weighted by Crippen LogP contribution is 2.19. The Hall–Kier alpha value is -5.79. The second-order valence-corrected chi connectivity index (χ2v) is 8.75. The summed E-state index contributed by atoms with van der Waals surface area (Å²) >= 11 is 0. The molecule has 0 spiro atoms. The number of allylic oxidation sites excluding steroid dienone is 2. The number of hydrogen-bond donors (Lipinski definition) is 3. The van der Waals surface area contributed by atoms with Gasteiger partial charge in [-0.05, 0) is 42.6 Å². The zero-order valence-corrected chi connectivity index (χ0v) is 20.8. The molecule has 3 aromatic heterocycles. The zero-order chi connectivity index (χ0) is 28.4. The van der Waals surface area contributed by atoms with E-state index in [1.54, 1.807) is 36.5 Å². The molecule has 0 saturated heterocycles. The third kappa shape index (κ3) is 4.53. The summed E-state index contributed by atoms with van der Waals surface area (Å²) in [5.74, 6) is -1.20. The third-order valence-electron chi connectivity index (χ3n) is 6.08. The molecule has 40 heavy (non-hydrogen) atoms. The first-order chi connectivity index (χ1) is 19.2. The summed E-state index contributed by atoms with van der Waals surface area (Å²) in [5.41, 5.74) is 0.252. The van der Waals surface area contributed by atoms with Crippen molar-refractivity contribution in [3.63, 3.8) is 0 Å². The fourth-order valence-electron chi connectivity index (χ4n) is 4.29. The average molecular weight is 540 g/mol. The monoisotopic (exact) mass is 540 g/mol. The molecule has 4 aromatic rings. The number of rotatable bonds is 7. The van der Waals surface area contributed by atoms with E-state index in [1.165, 1.54) is 43.8 Å². The van der Waals surface area contributed by atoms with Crippen LogP contribution in [0.15, 0.2) is 90.3 Å². The number of dihydropyridines is 1. The van der Waals surface area contributed by atoms with Crippen molar-refractivity contribution >= 4 is 45.8 Å². The molecule has 14 nitrogen and oxygen atoms in total. The Balaban J connectivity index is 1.53. The van der Waals surface area contributed by atoms with E-state index in [4.69, 9.17) is 0 Å². The van der Waals surface area contributed by atoms with Gasteiger partial charge >= 0.3 is 0 Å². The van der Waals surface area contributed by atoms with Gasteiger partial charge in [0.25, 0.3) is 28.1 Å². The largest absolute Gasteiger partial charge is 0.361 e. The quantitative estimate of drug-likeness (QED) is 0.195. The smallest absolute Gasteiger partial charge is 0.264 e. The lowest BCUT2D eigenvalue weighted by molar-refractivity contribution is -0.121. The van der Waals surface area contributed by atoms with Crippen LogP contribution in [-0.2, 0) is 21.8 Å². The molecule has 0 aliphatic carbocycles. The van der Waals surface area contributed by atoms with Crippen LogP contribution in [0.5, 0.6) is 0 Å². The molecule has 0 saturated carbocycles. The molecule has 2 amide bonds. The number of hydrazone groups is 2. The predicted octanol–water partition coefficient (Wildman–Crippen LogP) is -1.09. The molecule has 3 N–H and O–H groups in total. The van der Waals surface area contributed by atoms with Crippen LogP contribution in [0.4, 0.5) is 0 Å². The van der Waals surface area contributed by atoms with E-state index in [9.17, 15) is 28.8 Å². The van der Waals surface area contributed by atoms with Gasteiger partial charge in [0, 0.05) is 13.1 Å². The highest BCUT2D eigenvalue weighted by Gasteiger charge is 2.33. The molecular formula is C26H20N8O6. The summed E-state index contributed by atoms with van der Waals surface area (Å²) < 4.78 is 1.58. The van der Waals surface area contributed by atoms with Crippen molar-refractivity contribution in [1.82, 2.24) is 30.3 Å². The Morgan fingerprint density at radius 1 is 0.950 bits per heavy atom. The van der Waals surface area contributed by atoms with Gasteiger partial charge < -0.3 is 5.32 Å². The van der Waals surface area contributed by atoms with Crippen molar-refractivity contribution in [1.29, 1.82) is 0 Å². The first-order valence-corrected chi connectivity index (χ1v) is 11.8. The molecule has 1 unspecified atom stereocenters. The molecule has 4 heterocycles. The number of carbonyl (C=O) groups is 2. The van der Waals surface area contributed by atoms with Crippen LogP contribution in [0.1, 0.15) is 12.6 Å². The van der Waals surface area contributed by atoms with Gasteiger partial charge in [0.2, 0.25) is 5.91 Å². The van der Waals surface area contributed by atoms with Crippen LogP contribution in [0.2, 0.25) is 0 Å². The summed E-state index contributed by atoms with van der Waals surface area (Å²) in [7, 11) is 0. The Morgan fingerprint density at radius 2 is 1.62 bits per heavy atom. The molecule has 1 atom stereocenters. The van der Waals surface area contributed by atoms with Crippen LogP contribution in [0, 0.1) is 0 Å². The van der Waals surface area contributed by atoms with E-state index in [1.807, 2.05) is 0 Å². The number of pyridine rings is 1. The normalized spacial score (nSPS) is 16.7. The Kier molecular flexibility index (Phi) is 6.57. The zero-order valence-electron chi connectivity index (χ0n) is 20.8. The molecule has 0 bridgehead atoms. The number of nitrogens with one attached hydrogen (secondary N) is 3. The van der Waals surface area contributed by atoms with Gasteiger partial charge in [0.1, 0.15) is 6.54 Å². The maximum atomic E-state index is 13.5. The first kappa shape index (κ1) is 25.8. The van der Waals surface area contributed by atoms with E-state index in [0.717, 1.165) is 4.57 Å². The second-order valence-electron chi connectivity index (χ2n) is 8.75. The summed E-state index contributed by atoms with van der Waals surface area (Å²) in [6.45, 7) is 0.613. The van der Waals surface area contributed by atoms with E-state index in [-0.39, 0.29) is 21.5 Å². The molecule has 1 aromatic carbocycles. The van der Waals surface area contributed by atoms with Crippen molar-refractivity contribution in [3.8, 4) is 0 Å². The molecule has 0 radical (unpaired) electrons. The fourth-order valence-corrected chi connectivity index (χ4v) is 4.29. The summed E-state index contributed by atoms with van der Waals surface area (Å²) in [4.78, 5) is 80.7. The summed E-state index contributed by atoms with van der Waals surface area (Å²) in [6, 6.07) is 7.46. The molecule has 0 fully saturated rings. The van der Waals surface area contributed by atoms with Crippen molar-refractivity contribution in [2.75, 3.05) is 0 Å². The standard InChI is InChI=1S/C26H20N8O6/c1-15(35)31-30-14-26(7-3-5-9-28-26)34-24(39)19-10-17-18(11-20(19)25(34)40)23(38)33(22(17)37)13-21(36)32-29-12-16-6-2-4-8-27-16/h2-12,14,28H,13H2,1H3,(H,31,35)(H,32,36)/b29-12+,30-14+. The molecule has 1 aliphatic rings. The van der Waals surface area contributed by atoms with Crippen LogP contribution >= 0.6 is 0 Å². The number of aromatic nitrogens is 3. The maximum absolute atomic E-state index is 13.5. The first-order valence-electron chi connectivity index (χ1n) is 11.8. The van der Waals surface area contributed by atoms with Crippen molar-refractivity contribution in [2.24, 2.45) is 10.2 Å². The molecule has 5 rings (SSSR count). The van der Waals surface area contributed by atoms with Gasteiger partial charge in [-0.3, -0.25) is 38.3 Å². The molecule has 14 heteroatoms. The minimum absolute atomic E-state index is 0.104. The van der Waals surface area contributed by atoms with Gasteiger partial charge in [0.05, 0.1) is 39.7 Å². The number of hydrogen-bond acceptors (Lipinski definition) is 10. The fraction of sp³-hybridized carbons (Fsp3) is 0.115. The Labute approximate surface area is 223 Å². The highest BCUT2D eigenvalue weighted by molar-refractivity contribution is 5.98. The SMILES string of the molecule is CC(=O)N/N=C/C1(n2c(=O)c3cc4c(=O)n(CC(=O)N/N=C/c5ccccn5)c(=O)c4cc3c2=O)C=CC=CN1. The minimum atomic E-state index is -1.57. The minimum Gasteiger partial charge on any atom is -0.361 e. The van der Waals surface area contributed by atoms with Gasteiger partial charge in [0.15, 0.2) is 5.66 Å². The van der Waals surface area contributed by atoms with Crippen LogP contribution in [-0.4, -0.2) is 38.4 Å². The number of fused-ring (bicyclic) bond motifs is 2. The Morgan fingerprint density at radius 3 is 2.20 bits per heavy atom. The summed E-state index contributed by atoms with van der Waals surface area (Å²) in [6.07, 6.45) is 10.2. The van der Waals surface area contributed by atoms with Gasteiger partial charge in [-0.1, -0.05) is 12.1 Å². The predicted molar refractivity (Wildman–Crippen MR) is 147 cm³/mol. The van der Waals surface area contributed by atoms with E-state index in [2.05, 4.69) is 31.4 Å². The van der Waals surface area contributed by atoms with Gasteiger partial charge in [-0.2, -0.15) is 10.2 Å². The topological polar surface area (TPSA) is 186 Å². The number of benzene rings is 1. The van der Waals surface area contributed by atoms with E-state index in [0.29, 0.717) is 10.3 Å². The van der Waals surface area contributed by atoms with Gasteiger partial charge in [-0.25, -0.2) is 15.4 Å². The van der Waals surface area contributed by atoms with E-state index >= 15 is 0 Å². The van der Waals surface area contributed by atoms with Crippen molar-refractivity contribution in [2.45, 2.75) is 19.1 Å².